The minimum absolute atomic E-state index is 0.514. The molecular weight excluding hydrogens is 198 g/mol. The van der Waals surface area contributed by atoms with E-state index in [9.17, 15) is 0 Å². The maximum Gasteiger partial charge on any atom is 0.0728 e. The predicted octanol–water partition coefficient (Wildman–Crippen LogP) is 3.14. The highest BCUT2D eigenvalue weighted by Crippen LogP contribution is 2.48. The van der Waals surface area contributed by atoms with Crippen LogP contribution in [0, 0.1) is 11.3 Å². The molecular formula is C13H23N3. The van der Waals surface area contributed by atoms with E-state index in [2.05, 4.69) is 44.3 Å². The fourth-order valence-electron chi connectivity index (χ4n) is 1.97. The summed E-state index contributed by atoms with van der Waals surface area (Å²) in [6, 6.07) is 0.546. The number of hydrogen-bond donors (Lipinski definition) is 1. The number of rotatable bonds is 5. The zero-order chi connectivity index (χ0) is 11.8. The van der Waals surface area contributed by atoms with Gasteiger partial charge in [0.25, 0.3) is 0 Å². The molecule has 0 aromatic carbocycles. The minimum atomic E-state index is 0.514. The standard InChI is InChI=1S/C13H23N3/c1-10(2)8-16-9-12(7-14-16)15-11(3)13(4)5-6-13/h7,9-11,15H,5-6,8H2,1-4H3. The van der Waals surface area contributed by atoms with Gasteiger partial charge in [0.2, 0.25) is 0 Å². The first-order valence-electron chi connectivity index (χ1n) is 6.28. The summed E-state index contributed by atoms with van der Waals surface area (Å²) >= 11 is 0. The second kappa shape index (κ2) is 4.11. The Kier molecular flexibility index (Phi) is 2.96. The van der Waals surface area contributed by atoms with Crippen molar-refractivity contribution in [2.24, 2.45) is 11.3 Å². The summed E-state index contributed by atoms with van der Waals surface area (Å²) in [6.45, 7) is 10.0. The third-order valence-electron chi connectivity index (χ3n) is 3.65. The lowest BCUT2D eigenvalue weighted by atomic mass is 10.0. The third kappa shape index (κ3) is 2.57. The van der Waals surface area contributed by atoms with Gasteiger partial charge in [-0.15, -0.1) is 0 Å². The Labute approximate surface area is 98.2 Å². The average molecular weight is 221 g/mol. The van der Waals surface area contributed by atoms with Gasteiger partial charge in [-0.25, -0.2) is 0 Å². The molecule has 3 heteroatoms. The van der Waals surface area contributed by atoms with Crippen LogP contribution in [-0.4, -0.2) is 15.8 Å². The fraction of sp³-hybridized carbons (Fsp3) is 0.769. The molecule has 0 amide bonds. The molecule has 1 aliphatic carbocycles. The van der Waals surface area contributed by atoms with E-state index < -0.39 is 0 Å². The van der Waals surface area contributed by atoms with Gasteiger partial charge in [-0.2, -0.15) is 5.10 Å². The molecule has 2 rings (SSSR count). The van der Waals surface area contributed by atoms with Crippen LogP contribution in [0.25, 0.3) is 0 Å². The topological polar surface area (TPSA) is 29.9 Å². The smallest absolute Gasteiger partial charge is 0.0728 e. The van der Waals surface area contributed by atoms with Gasteiger partial charge in [0, 0.05) is 18.8 Å². The van der Waals surface area contributed by atoms with Crippen LogP contribution in [0.1, 0.15) is 40.5 Å². The summed E-state index contributed by atoms with van der Waals surface area (Å²) < 4.78 is 2.02. The van der Waals surface area contributed by atoms with Crippen molar-refractivity contribution >= 4 is 5.69 Å². The molecule has 1 heterocycles. The number of nitrogens with zero attached hydrogens (tertiary/aromatic N) is 2. The highest BCUT2D eigenvalue weighted by atomic mass is 15.3. The highest BCUT2D eigenvalue weighted by molar-refractivity contribution is 5.40. The lowest BCUT2D eigenvalue weighted by Gasteiger charge is -2.20. The van der Waals surface area contributed by atoms with E-state index in [0.717, 1.165) is 12.2 Å². The Morgan fingerprint density at radius 2 is 2.12 bits per heavy atom. The molecule has 1 aromatic heterocycles. The SMILES string of the molecule is CC(C)Cn1cc(NC(C)C2(C)CC2)cn1. The predicted molar refractivity (Wildman–Crippen MR) is 67.5 cm³/mol. The van der Waals surface area contributed by atoms with E-state index in [4.69, 9.17) is 0 Å². The molecule has 0 spiro atoms. The Morgan fingerprint density at radius 1 is 1.44 bits per heavy atom. The van der Waals surface area contributed by atoms with Crippen LogP contribution in [0.4, 0.5) is 5.69 Å². The summed E-state index contributed by atoms with van der Waals surface area (Å²) in [7, 11) is 0. The molecule has 1 saturated carbocycles. The van der Waals surface area contributed by atoms with Crippen molar-refractivity contribution in [2.75, 3.05) is 5.32 Å². The van der Waals surface area contributed by atoms with Crippen molar-refractivity contribution in [3.05, 3.63) is 12.4 Å². The summed E-state index contributed by atoms with van der Waals surface area (Å²) in [5, 5.41) is 7.92. The van der Waals surface area contributed by atoms with Crippen LogP contribution in [0.15, 0.2) is 12.4 Å². The zero-order valence-corrected chi connectivity index (χ0v) is 10.8. The molecule has 90 valence electrons. The fourth-order valence-corrected chi connectivity index (χ4v) is 1.97. The second-order valence-corrected chi connectivity index (χ2v) is 5.86. The van der Waals surface area contributed by atoms with Crippen LogP contribution < -0.4 is 5.32 Å². The summed E-state index contributed by atoms with van der Waals surface area (Å²) in [5.41, 5.74) is 1.67. The lowest BCUT2D eigenvalue weighted by molar-refractivity contribution is 0.482. The quantitative estimate of drug-likeness (QED) is 0.827. The van der Waals surface area contributed by atoms with Gasteiger partial charge in [0.15, 0.2) is 0 Å². The van der Waals surface area contributed by atoms with Gasteiger partial charge in [0.1, 0.15) is 0 Å². The van der Waals surface area contributed by atoms with Crippen molar-refractivity contribution in [3.63, 3.8) is 0 Å². The Hall–Kier alpha value is -0.990. The van der Waals surface area contributed by atoms with Crippen LogP contribution in [0.2, 0.25) is 0 Å². The number of nitrogens with one attached hydrogen (secondary N) is 1. The van der Waals surface area contributed by atoms with Crippen LogP contribution in [-0.2, 0) is 6.54 Å². The van der Waals surface area contributed by atoms with Crippen molar-refractivity contribution in [3.8, 4) is 0 Å². The van der Waals surface area contributed by atoms with Crippen molar-refractivity contribution < 1.29 is 0 Å². The minimum Gasteiger partial charge on any atom is -0.380 e. The zero-order valence-electron chi connectivity index (χ0n) is 10.8. The van der Waals surface area contributed by atoms with Crippen molar-refractivity contribution in [2.45, 2.75) is 53.1 Å². The van der Waals surface area contributed by atoms with Gasteiger partial charge < -0.3 is 5.32 Å². The maximum absolute atomic E-state index is 4.37. The highest BCUT2D eigenvalue weighted by Gasteiger charge is 2.42. The Morgan fingerprint density at radius 3 is 2.69 bits per heavy atom. The van der Waals surface area contributed by atoms with Gasteiger partial charge in [0.05, 0.1) is 11.9 Å². The Balaban J connectivity index is 1.92. The molecule has 1 aliphatic rings. The maximum atomic E-state index is 4.37. The summed E-state index contributed by atoms with van der Waals surface area (Å²) in [5.74, 6) is 0.645. The van der Waals surface area contributed by atoms with Gasteiger partial charge in [-0.3, -0.25) is 4.68 Å². The first-order valence-corrected chi connectivity index (χ1v) is 6.28. The lowest BCUT2D eigenvalue weighted by Crippen LogP contribution is -2.24. The van der Waals surface area contributed by atoms with Gasteiger partial charge >= 0.3 is 0 Å². The average Bonchev–Trinajstić information content (AvgIpc) is 2.79. The largest absolute Gasteiger partial charge is 0.380 e. The van der Waals surface area contributed by atoms with E-state index >= 15 is 0 Å². The van der Waals surface area contributed by atoms with E-state index in [1.807, 2.05) is 10.9 Å². The van der Waals surface area contributed by atoms with Crippen LogP contribution in [0.5, 0.6) is 0 Å². The summed E-state index contributed by atoms with van der Waals surface area (Å²) in [6.07, 6.45) is 6.75. The molecule has 0 aliphatic heterocycles. The van der Waals surface area contributed by atoms with Crippen LogP contribution >= 0.6 is 0 Å². The number of aromatic nitrogens is 2. The molecule has 0 radical (unpaired) electrons. The number of anilines is 1. The number of hydrogen-bond acceptors (Lipinski definition) is 2. The van der Waals surface area contributed by atoms with Gasteiger partial charge in [-0.1, -0.05) is 20.8 Å². The van der Waals surface area contributed by atoms with E-state index in [1.54, 1.807) is 0 Å². The van der Waals surface area contributed by atoms with E-state index in [0.29, 0.717) is 17.4 Å². The normalized spacial score (nSPS) is 19.8. The molecule has 1 atom stereocenters. The summed E-state index contributed by atoms with van der Waals surface area (Å²) in [4.78, 5) is 0. The molecule has 1 N–H and O–H groups in total. The monoisotopic (exact) mass is 221 g/mol. The molecule has 1 unspecified atom stereocenters. The Bertz CT molecular complexity index is 350. The third-order valence-corrected chi connectivity index (χ3v) is 3.65. The molecule has 16 heavy (non-hydrogen) atoms. The first-order chi connectivity index (χ1) is 7.49. The second-order valence-electron chi connectivity index (χ2n) is 5.86. The van der Waals surface area contributed by atoms with E-state index in [-0.39, 0.29) is 0 Å². The van der Waals surface area contributed by atoms with Crippen molar-refractivity contribution in [1.82, 2.24) is 9.78 Å². The van der Waals surface area contributed by atoms with Crippen molar-refractivity contribution in [1.29, 1.82) is 0 Å². The van der Waals surface area contributed by atoms with Crippen LogP contribution in [0.3, 0.4) is 0 Å². The molecule has 1 fully saturated rings. The first kappa shape index (κ1) is 11.5. The molecule has 0 bridgehead atoms. The molecule has 0 saturated heterocycles. The molecule has 1 aromatic rings. The molecule has 3 nitrogen and oxygen atoms in total. The van der Waals surface area contributed by atoms with Gasteiger partial charge in [-0.05, 0) is 31.1 Å². The van der Waals surface area contributed by atoms with E-state index in [1.165, 1.54) is 12.8 Å².